The minimum atomic E-state index is 0.968. The second kappa shape index (κ2) is 4.27. The van der Waals surface area contributed by atoms with Crippen LogP contribution in [-0.2, 0) is 12.8 Å². The molecule has 1 aliphatic rings. The molecule has 0 unspecified atom stereocenters. The standard InChI is InChI=1S/C18H16O/c1-2-6-14-11-16(10-9-13(14)5-1)18-12-15-7-3-4-8-17(15)19-18/h3-4,7-12H,1-2,5-6H2. The molecule has 0 saturated carbocycles. The number of hydrogen-bond acceptors (Lipinski definition) is 1. The van der Waals surface area contributed by atoms with Crippen LogP contribution in [-0.4, -0.2) is 0 Å². The summed E-state index contributed by atoms with van der Waals surface area (Å²) in [5.74, 6) is 0.981. The van der Waals surface area contributed by atoms with Crippen LogP contribution in [0.2, 0.25) is 0 Å². The van der Waals surface area contributed by atoms with Crippen molar-refractivity contribution in [1.29, 1.82) is 0 Å². The van der Waals surface area contributed by atoms with E-state index in [0.29, 0.717) is 0 Å². The lowest BCUT2D eigenvalue weighted by atomic mass is 9.90. The molecule has 2 aromatic carbocycles. The normalized spacial score (nSPS) is 14.5. The summed E-state index contributed by atoms with van der Waals surface area (Å²) in [7, 11) is 0. The van der Waals surface area contributed by atoms with Crippen LogP contribution < -0.4 is 0 Å². The summed E-state index contributed by atoms with van der Waals surface area (Å²) >= 11 is 0. The van der Waals surface area contributed by atoms with Crippen molar-refractivity contribution >= 4 is 11.0 Å². The maximum absolute atomic E-state index is 5.95. The zero-order valence-corrected chi connectivity index (χ0v) is 10.9. The van der Waals surface area contributed by atoms with E-state index in [2.05, 4.69) is 36.4 Å². The van der Waals surface area contributed by atoms with Gasteiger partial charge >= 0.3 is 0 Å². The smallest absolute Gasteiger partial charge is 0.135 e. The molecule has 0 bridgehead atoms. The minimum Gasteiger partial charge on any atom is -0.456 e. The zero-order chi connectivity index (χ0) is 12.7. The highest BCUT2D eigenvalue weighted by molar-refractivity contribution is 5.82. The highest BCUT2D eigenvalue weighted by atomic mass is 16.3. The van der Waals surface area contributed by atoms with E-state index in [0.717, 1.165) is 11.3 Å². The molecule has 1 aliphatic carbocycles. The molecule has 3 aromatic rings. The predicted molar refractivity (Wildman–Crippen MR) is 78.3 cm³/mol. The lowest BCUT2D eigenvalue weighted by Gasteiger charge is -2.15. The van der Waals surface area contributed by atoms with Crippen LogP contribution in [0.3, 0.4) is 0 Å². The van der Waals surface area contributed by atoms with Crippen LogP contribution in [0.25, 0.3) is 22.3 Å². The maximum Gasteiger partial charge on any atom is 0.135 e. The monoisotopic (exact) mass is 248 g/mol. The summed E-state index contributed by atoms with van der Waals surface area (Å²) in [6, 6.07) is 17.1. The Morgan fingerprint density at radius 1 is 0.789 bits per heavy atom. The van der Waals surface area contributed by atoms with Gasteiger partial charge in [-0.05, 0) is 55.0 Å². The van der Waals surface area contributed by atoms with Gasteiger partial charge in [-0.3, -0.25) is 0 Å². The first-order chi connectivity index (χ1) is 9.40. The number of rotatable bonds is 1. The van der Waals surface area contributed by atoms with Crippen molar-refractivity contribution in [1.82, 2.24) is 0 Å². The van der Waals surface area contributed by atoms with Gasteiger partial charge in [0.25, 0.3) is 0 Å². The summed E-state index contributed by atoms with van der Waals surface area (Å²) < 4.78 is 5.95. The van der Waals surface area contributed by atoms with E-state index in [4.69, 9.17) is 4.42 Å². The molecule has 0 spiro atoms. The van der Waals surface area contributed by atoms with Crippen LogP contribution in [0.5, 0.6) is 0 Å². The molecule has 0 fully saturated rings. The van der Waals surface area contributed by atoms with Crippen LogP contribution in [0.1, 0.15) is 24.0 Å². The fourth-order valence-corrected chi connectivity index (χ4v) is 3.01. The van der Waals surface area contributed by atoms with Crippen molar-refractivity contribution < 1.29 is 4.42 Å². The van der Waals surface area contributed by atoms with Crippen molar-refractivity contribution in [3.8, 4) is 11.3 Å². The molecule has 0 radical (unpaired) electrons. The quantitative estimate of drug-likeness (QED) is 0.592. The van der Waals surface area contributed by atoms with Gasteiger partial charge in [-0.1, -0.05) is 30.3 Å². The van der Waals surface area contributed by atoms with Gasteiger partial charge < -0.3 is 4.42 Å². The van der Waals surface area contributed by atoms with Crippen molar-refractivity contribution in [2.45, 2.75) is 25.7 Å². The van der Waals surface area contributed by atoms with Gasteiger partial charge in [0.15, 0.2) is 0 Å². The summed E-state index contributed by atoms with van der Waals surface area (Å²) in [6.45, 7) is 0. The molecule has 0 aliphatic heterocycles. The lowest BCUT2D eigenvalue weighted by molar-refractivity contribution is 0.630. The number of fused-ring (bicyclic) bond motifs is 2. The molecule has 4 rings (SSSR count). The van der Waals surface area contributed by atoms with Gasteiger partial charge in [0.1, 0.15) is 11.3 Å². The average Bonchev–Trinajstić information content (AvgIpc) is 2.90. The van der Waals surface area contributed by atoms with Gasteiger partial charge in [-0.15, -0.1) is 0 Å². The van der Waals surface area contributed by atoms with Crippen LogP contribution >= 0.6 is 0 Å². The molecule has 0 amide bonds. The molecule has 1 heterocycles. The molecule has 1 heteroatoms. The Morgan fingerprint density at radius 3 is 2.53 bits per heavy atom. The minimum absolute atomic E-state index is 0.968. The Balaban J connectivity index is 1.83. The van der Waals surface area contributed by atoms with E-state index < -0.39 is 0 Å². The lowest BCUT2D eigenvalue weighted by Crippen LogP contribution is -2.02. The zero-order valence-electron chi connectivity index (χ0n) is 10.9. The van der Waals surface area contributed by atoms with Gasteiger partial charge in [-0.2, -0.15) is 0 Å². The Kier molecular flexibility index (Phi) is 2.44. The molecule has 94 valence electrons. The number of aryl methyl sites for hydroxylation is 2. The first kappa shape index (κ1) is 10.9. The summed E-state index contributed by atoms with van der Waals surface area (Å²) in [5, 5.41) is 1.18. The number of para-hydroxylation sites is 1. The van der Waals surface area contributed by atoms with Crippen molar-refractivity contribution in [2.75, 3.05) is 0 Å². The Labute approximate surface area is 112 Å². The van der Waals surface area contributed by atoms with Gasteiger partial charge in [-0.25, -0.2) is 0 Å². The van der Waals surface area contributed by atoms with Crippen LogP contribution in [0.4, 0.5) is 0 Å². The molecule has 1 nitrogen and oxygen atoms in total. The third kappa shape index (κ3) is 1.86. The molecule has 0 N–H and O–H groups in total. The van der Waals surface area contributed by atoms with Gasteiger partial charge in [0, 0.05) is 10.9 Å². The maximum atomic E-state index is 5.95. The van der Waals surface area contributed by atoms with Crippen molar-refractivity contribution in [3.63, 3.8) is 0 Å². The number of furan rings is 1. The predicted octanol–water partition coefficient (Wildman–Crippen LogP) is 4.98. The Hall–Kier alpha value is -2.02. The SMILES string of the molecule is c1ccc2oc(-c3ccc4c(c3)CCCC4)cc2c1. The highest BCUT2D eigenvalue weighted by Gasteiger charge is 2.12. The second-order valence-corrected chi connectivity index (χ2v) is 5.34. The summed E-state index contributed by atoms with van der Waals surface area (Å²) in [4.78, 5) is 0. The van der Waals surface area contributed by atoms with Crippen molar-refractivity contribution in [3.05, 3.63) is 59.7 Å². The van der Waals surface area contributed by atoms with E-state index in [-0.39, 0.29) is 0 Å². The highest BCUT2D eigenvalue weighted by Crippen LogP contribution is 2.31. The molecule has 0 saturated heterocycles. The van der Waals surface area contributed by atoms with E-state index in [1.807, 2.05) is 12.1 Å². The van der Waals surface area contributed by atoms with Crippen LogP contribution in [0, 0.1) is 0 Å². The van der Waals surface area contributed by atoms with Crippen molar-refractivity contribution in [2.24, 2.45) is 0 Å². The van der Waals surface area contributed by atoms with E-state index >= 15 is 0 Å². The van der Waals surface area contributed by atoms with E-state index in [1.165, 1.54) is 47.8 Å². The molecule has 19 heavy (non-hydrogen) atoms. The second-order valence-electron chi connectivity index (χ2n) is 5.34. The molecule has 1 aromatic heterocycles. The van der Waals surface area contributed by atoms with E-state index in [1.54, 1.807) is 0 Å². The Morgan fingerprint density at radius 2 is 1.63 bits per heavy atom. The number of hydrogen-bond donors (Lipinski definition) is 0. The first-order valence-corrected chi connectivity index (χ1v) is 7.01. The topological polar surface area (TPSA) is 13.1 Å². The first-order valence-electron chi connectivity index (χ1n) is 7.01. The fourth-order valence-electron chi connectivity index (χ4n) is 3.01. The number of benzene rings is 2. The van der Waals surface area contributed by atoms with Gasteiger partial charge in [0.2, 0.25) is 0 Å². The summed E-state index contributed by atoms with van der Waals surface area (Å²) in [5.41, 5.74) is 5.20. The van der Waals surface area contributed by atoms with Gasteiger partial charge in [0.05, 0.1) is 0 Å². The fraction of sp³-hybridized carbons (Fsp3) is 0.222. The third-order valence-electron chi connectivity index (χ3n) is 4.06. The van der Waals surface area contributed by atoms with E-state index in [9.17, 15) is 0 Å². The largest absolute Gasteiger partial charge is 0.456 e. The summed E-state index contributed by atoms with van der Waals surface area (Å²) in [6.07, 6.45) is 5.09. The molecular weight excluding hydrogens is 232 g/mol. The average molecular weight is 248 g/mol. The molecular formula is C18H16O. The Bertz CT molecular complexity index is 703. The third-order valence-corrected chi connectivity index (χ3v) is 4.06. The molecule has 0 atom stereocenters. The van der Waals surface area contributed by atoms with Crippen LogP contribution in [0.15, 0.2) is 52.9 Å².